The number of nitrogens with two attached hydrogens (primary N) is 4. The standard InChI is InChI=1S/C51H73F3N12O11S2/c1-8-33(42(57)70)62-45(73)36(25-37(56)68)64-47(75)41(66-48(76)51(52,53)54)50(6,7)79-78-49(4,5)40(46(74)63-35(43(58)71)24-29-15-18-31(19-16-29)77-23-21-55)65-44(72)34(14-9-10-22-59-28(3)67)61-38(69)20-17-30-26-60-39-27(2)12-11-13-32(30)39/h11-13,15-16,18-19,26,33-36,40-41,60H,8-10,14,17,20-25,55H2,1-7H3,(H2,56,68)(H2,57,70)(H2,58,71)(H,59,67)(H,61,69)(H,62,73)(H,63,74)(H,64,75)(H,65,72)(H,66,76)/t33-,34-,35-,36-,40+,41+/m0/s1. The van der Waals surface area contributed by atoms with Crippen molar-refractivity contribution in [1.82, 2.24) is 42.2 Å². The predicted octanol–water partition coefficient (Wildman–Crippen LogP) is 0.961. The summed E-state index contributed by atoms with van der Waals surface area (Å²) in [6.45, 7) is 10.9. The van der Waals surface area contributed by atoms with Crippen LogP contribution in [0.5, 0.6) is 5.75 Å². The molecule has 0 radical (unpaired) electrons. The Labute approximate surface area is 463 Å². The lowest BCUT2D eigenvalue weighted by Crippen LogP contribution is -2.63. The Hall–Kier alpha value is -7.07. The average Bonchev–Trinajstić information content (AvgIpc) is 3.82. The number of aromatic amines is 1. The predicted molar refractivity (Wildman–Crippen MR) is 292 cm³/mol. The van der Waals surface area contributed by atoms with Gasteiger partial charge in [-0.3, -0.25) is 47.9 Å². The van der Waals surface area contributed by atoms with E-state index in [2.05, 4.69) is 36.9 Å². The maximum Gasteiger partial charge on any atom is 0.471 e. The molecule has 1 heterocycles. The number of ether oxygens (including phenoxy) is 1. The van der Waals surface area contributed by atoms with Gasteiger partial charge in [0.25, 0.3) is 0 Å². The van der Waals surface area contributed by atoms with Gasteiger partial charge >= 0.3 is 12.1 Å². The molecule has 3 rings (SSSR count). The van der Waals surface area contributed by atoms with E-state index in [0.29, 0.717) is 34.9 Å². The zero-order valence-electron chi connectivity index (χ0n) is 45.1. The molecule has 79 heavy (non-hydrogen) atoms. The summed E-state index contributed by atoms with van der Waals surface area (Å²) in [7, 11) is 1.43. The fraction of sp³-hybridized carbons (Fsp3) is 0.529. The van der Waals surface area contributed by atoms with Crippen molar-refractivity contribution in [3.63, 3.8) is 0 Å². The lowest BCUT2D eigenvalue weighted by Gasteiger charge is -2.39. The molecule has 0 aliphatic rings. The number of nitrogens with one attached hydrogen (secondary N) is 8. The molecular formula is C51H73F3N12O11S2. The molecule has 0 aliphatic heterocycles. The number of hydrogen-bond donors (Lipinski definition) is 12. The van der Waals surface area contributed by atoms with Crippen LogP contribution in [-0.4, -0.2) is 136 Å². The summed E-state index contributed by atoms with van der Waals surface area (Å²) in [6, 6.07) is 2.47. The van der Waals surface area contributed by atoms with Crippen LogP contribution in [0.15, 0.2) is 48.7 Å². The molecule has 10 amide bonds. The minimum atomic E-state index is -5.54. The van der Waals surface area contributed by atoms with Crippen LogP contribution in [0.2, 0.25) is 0 Å². The maximum atomic E-state index is 14.7. The van der Waals surface area contributed by atoms with E-state index in [1.54, 1.807) is 35.8 Å². The Bertz CT molecular complexity index is 2650. The second-order valence-electron chi connectivity index (χ2n) is 19.7. The minimum Gasteiger partial charge on any atom is -0.492 e. The second-order valence-corrected chi connectivity index (χ2v) is 23.1. The summed E-state index contributed by atoms with van der Waals surface area (Å²) < 4.78 is 43.8. The van der Waals surface area contributed by atoms with Crippen molar-refractivity contribution in [2.24, 2.45) is 22.9 Å². The second kappa shape index (κ2) is 30.3. The molecule has 2 aromatic carbocycles. The third-order valence-corrected chi connectivity index (χ3v) is 16.5. The number of unbranched alkanes of at least 4 members (excludes halogenated alkanes) is 1. The van der Waals surface area contributed by atoms with Gasteiger partial charge in [-0.25, -0.2) is 0 Å². The Morgan fingerprint density at radius 1 is 0.709 bits per heavy atom. The number of aryl methyl sites for hydroxylation is 2. The highest BCUT2D eigenvalue weighted by molar-refractivity contribution is 8.77. The number of primary amides is 3. The van der Waals surface area contributed by atoms with Gasteiger partial charge in [0.2, 0.25) is 53.2 Å². The van der Waals surface area contributed by atoms with Crippen molar-refractivity contribution in [3.05, 3.63) is 65.4 Å². The number of amides is 10. The van der Waals surface area contributed by atoms with Gasteiger partial charge in [0, 0.05) is 59.4 Å². The number of benzene rings is 2. The molecular weight excluding hydrogens is 1080 g/mol. The summed E-state index contributed by atoms with van der Waals surface area (Å²) in [6.07, 6.45) is -3.93. The van der Waals surface area contributed by atoms with Crippen molar-refractivity contribution in [2.75, 3.05) is 19.7 Å². The summed E-state index contributed by atoms with van der Waals surface area (Å²) in [5.41, 5.74) is 25.3. The molecule has 0 unspecified atom stereocenters. The molecule has 0 bridgehead atoms. The molecule has 0 spiro atoms. The Kier molecular flexibility index (Phi) is 25.4. The van der Waals surface area contributed by atoms with Crippen molar-refractivity contribution in [2.45, 2.75) is 152 Å². The van der Waals surface area contributed by atoms with Crippen molar-refractivity contribution in [1.29, 1.82) is 0 Å². The van der Waals surface area contributed by atoms with Gasteiger partial charge in [-0.1, -0.05) is 58.8 Å². The SMILES string of the molecule is CC[C@H](NC(=O)[C@H](CC(N)=O)NC(=O)[C@@H](NC(=O)C(F)(F)F)C(C)(C)SSC(C)(C)[C@H](NC(=O)[C@H](CCCCNC(C)=O)NC(=O)CCc1c[nH]c2c(C)cccc12)C(=O)N[C@@H](Cc1ccc(OCCN)cc1)C(N)=O)C(N)=O. The highest BCUT2D eigenvalue weighted by atomic mass is 33.1. The normalized spacial score (nSPS) is 14.0. The van der Waals surface area contributed by atoms with Crippen LogP contribution in [0.1, 0.15) is 96.8 Å². The number of carbonyl (C=O) groups excluding carboxylic acids is 10. The average molecular weight is 1150 g/mol. The lowest BCUT2D eigenvalue weighted by atomic mass is 9.99. The Morgan fingerprint density at radius 3 is 1.82 bits per heavy atom. The van der Waals surface area contributed by atoms with E-state index >= 15 is 0 Å². The number of alkyl halides is 3. The van der Waals surface area contributed by atoms with Gasteiger partial charge in [-0.05, 0) is 95.5 Å². The van der Waals surface area contributed by atoms with E-state index in [1.165, 1.54) is 41.5 Å². The number of hydrogen-bond acceptors (Lipinski definition) is 14. The van der Waals surface area contributed by atoms with Gasteiger partial charge < -0.3 is 69.9 Å². The number of para-hydroxylation sites is 1. The first kappa shape index (κ1) is 66.2. The Balaban J connectivity index is 2.07. The number of aromatic nitrogens is 1. The molecule has 0 saturated carbocycles. The van der Waals surface area contributed by atoms with Crippen LogP contribution in [0.25, 0.3) is 10.9 Å². The van der Waals surface area contributed by atoms with Crippen LogP contribution in [0, 0.1) is 6.92 Å². The molecule has 436 valence electrons. The molecule has 0 aliphatic carbocycles. The van der Waals surface area contributed by atoms with E-state index in [1.807, 2.05) is 25.1 Å². The molecule has 6 atom stereocenters. The highest BCUT2D eigenvalue weighted by Gasteiger charge is 2.48. The summed E-state index contributed by atoms with van der Waals surface area (Å²) in [5, 5.41) is 17.7. The van der Waals surface area contributed by atoms with Crippen LogP contribution < -0.4 is 64.9 Å². The minimum absolute atomic E-state index is 0.00806. The van der Waals surface area contributed by atoms with Crippen molar-refractivity contribution in [3.8, 4) is 5.75 Å². The van der Waals surface area contributed by atoms with Crippen LogP contribution in [0.3, 0.4) is 0 Å². The third-order valence-electron chi connectivity index (χ3n) is 12.3. The highest BCUT2D eigenvalue weighted by Crippen LogP contribution is 2.47. The number of halogens is 3. The van der Waals surface area contributed by atoms with Gasteiger partial charge in [0.05, 0.1) is 6.42 Å². The van der Waals surface area contributed by atoms with Gasteiger partial charge in [0.15, 0.2) is 0 Å². The first-order chi connectivity index (χ1) is 36.9. The van der Waals surface area contributed by atoms with E-state index in [4.69, 9.17) is 27.7 Å². The molecule has 23 nitrogen and oxygen atoms in total. The summed E-state index contributed by atoms with van der Waals surface area (Å²) >= 11 is 0. The van der Waals surface area contributed by atoms with E-state index in [9.17, 15) is 61.1 Å². The van der Waals surface area contributed by atoms with Gasteiger partial charge in [0.1, 0.15) is 48.6 Å². The van der Waals surface area contributed by atoms with Crippen molar-refractivity contribution >= 4 is 91.6 Å². The number of H-pyrrole nitrogens is 1. The quantitative estimate of drug-likeness (QED) is 0.0299. The topological polar surface area (TPSA) is 384 Å². The Morgan fingerprint density at radius 2 is 1.28 bits per heavy atom. The molecule has 16 N–H and O–H groups in total. The summed E-state index contributed by atoms with van der Waals surface area (Å²) in [4.78, 5) is 135. The fourth-order valence-electron chi connectivity index (χ4n) is 7.89. The van der Waals surface area contributed by atoms with Crippen LogP contribution in [0.4, 0.5) is 13.2 Å². The van der Waals surface area contributed by atoms with Gasteiger partial charge in [-0.15, -0.1) is 0 Å². The third kappa shape index (κ3) is 21.3. The van der Waals surface area contributed by atoms with Crippen LogP contribution in [-0.2, 0) is 60.8 Å². The number of rotatable bonds is 33. The zero-order valence-corrected chi connectivity index (χ0v) is 46.7. The molecule has 3 aromatic rings. The van der Waals surface area contributed by atoms with Gasteiger partial charge in [-0.2, -0.15) is 13.2 Å². The first-order valence-electron chi connectivity index (χ1n) is 25.2. The number of fused-ring (bicyclic) bond motifs is 1. The summed E-state index contributed by atoms with van der Waals surface area (Å²) in [5.74, 6) is -10.4. The molecule has 0 fully saturated rings. The molecule has 28 heteroatoms. The van der Waals surface area contributed by atoms with E-state index in [0.717, 1.165) is 32.8 Å². The van der Waals surface area contributed by atoms with E-state index < -0.39 is 112 Å². The fourth-order valence-corrected chi connectivity index (χ4v) is 10.7. The van der Waals surface area contributed by atoms with Crippen LogP contribution >= 0.6 is 21.6 Å². The maximum absolute atomic E-state index is 14.7. The smallest absolute Gasteiger partial charge is 0.471 e. The lowest BCUT2D eigenvalue weighted by molar-refractivity contribution is -0.175. The van der Waals surface area contributed by atoms with E-state index in [-0.39, 0.29) is 57.7 Å². The number of carbonyl (C=O) groups is 10. The first-order valence-corrected chi connectivity index (χ1v) is 27.4. The molecule has 1 aromatic heterocycles. The largest absolute Gasteiger partial charge is 0.492 e. The molecule has 0 saturated heterocycles. The zero-order chi connectivity index (χ0) is 59.4. The monoisotopic (exact) mass is 1150 g/mol. The van der Waals surface area contributed by atoms with Crippen molar-refractivity contribution < 1.29 is 65.9 Å².